The molecule has 0 bridgehead atoms. The number of rotatable bonds is 7. The van der Waals surface area contributed by atoms with Crippen molar-refractivity contribution in [3.63, 3.8) is 0 Å². The van der Waals surface area contributed by atoms with E-state index in [0.29, 0.717) is 5.92 Å². The second kappa shape index (κ2) is 7.20. The molecule has 3 nitrogen and oxygen atoms in total. The van der Waals surface area contributed by atoms with Gasteiger partial charge in [-0.1, -0.05) is 13.8 Å². The molecule has 1 unspecified atom stereocenters. The van der Waals surface area contributed by atoms with Crippen LogP contribution in [-0.2, 0) is 4.74 Å². The Morgan fingerprint density at radius 1 is 1.47 bits per heavy atom. The maximum Gasteiger partial charge on any atom is 0.0593 e. The summed E-state index contributed by atoms with van der Waals surface area (Å²) in [5.41, 5.74) is 0. The number of nitrogens with zero attached hydrogens (tertiary/aromatic N) is 1. The standard InChI is InChI=1S/C12H26N2O/c1-11(2)10-15-7-6-14-5-4-12(9-14)8-13-3/h11-13H,4-10H2,1-3H3. The van der Waals surface area contributed by atoms with Crippen molar-refractivity contribution in [1.29, 1.82) is 0 Å². The SMILES string of the molecule is CNCC1CCN(CCOCC(C)C)C1. The van der Waals surface area contributed by atoms with Crippen LogP contribution in [0.4, 0.5) is 0 Å². The van der Waals surface area contributed by atoms with Gasteiger partial charge >= 0.3 is 0 Å². The van der Waals surface area contributed by atoms with Crippen LogP contribution in [0.5, 0.6) is 0 Å². The molecule has 1 aliphatic heterocycles. The van der Waals surface area contributed by atoms with Gasteiger partial charge in [0.25, 0.3) is 0 Å². The molecule has 1 saturated heterocycles. The Hall–Kier alpha value is -0.120. The lowest BCUT2D eigenvalue weighted by atomic mass is 10.1. The van der Waals surface area contributed by atoms with Crippen molar-refractivity contribution < 1.29 is 4.74 Å². The molecule has 1 atom stereocenters. The van der Waals surface area contributed by atoms with Crippen molar-refractivity contribution in [2.24, 2.45) is 11.8 Å². The van der Waals surface area contributed by atoms with Crippen molar-refractivity contribution in [3.05, 3.63) is 0 Å². The Balaban J connectivity index is 1.99. The maximum atomic E-state index is 5.59. The summed E-state index contributed by atoms with van der Waals surface area (Å²) in [6.45, 7) is 10.9. The van der Waals surface area contributed by atoms with Crippen LogP contribution in [0.3, 0.4) is 0 Å². The zero-order valence-electron chi connectivity index (χ0n) is 10.5. The Morgan fingerprint density at radius 2 is 2.27 bits per heavy atom. The van der Waals surface area contributed by atoms with Gasteiger partial charge in [-0.25, -0.2) is 0 Å². The third-order valence-corrected chi connectivity index (χ3v) is 2.87. The predicted octanol–water partition coefficient (Wildman–Crippen LogP) is 1.20. The van der Waals surface area contributed by atoms with Gasteiger partial charge in [-0.05, 0) is 38.4 Å². The van der Waals surface area contributed by atoms with Gasteiger partial charge in [0.1, 0.15) is 0 Å². The first-order valence-corrected chi connectivity index (χ1v) is 6.17. The first-order chi connectivity index (χ1) is 7.22. The van der Waals surface area contributed by atoms with Crippen LogP contribution < -0.4 is 5.32 Å². The minimum absolute atomic E-state index is 0.653. The molecule has 1 aliphatic rings. The minimum atomic E-state index is 0.653. The third-order valence-electron chi connectivity index (χ3n) is 2.87. The highest BCUT2D eigenvalue weighted by atomic mass is 16.5. The van der Waals surface area contributed by atoms with Gasteiger partial charge in [-0.15, -0.1) is 0 Å². The van der Waals surface area contributed by atoms with Crippen molar-refractivity contribution >= 4 is 0 Å². The fourth-order valence-electron chi connectivity index (χ4n) is 2.08. The molecule has 0 aliphatic carbocycles. The molecule has 1 N–H and O–H groups in total. The fraction of sp³-hybridized carbons (Fsp3) is 1.00. The number of hydrogen-bond donors (Lipinski definition) is 1. The van der Waals surface area contributed by atoms with Gasteiger partial charge in [0.2, 0.25) is 0 Å². The largest absolute Gasteiger partial charge is 0.380 e. The molecule has 1 fully saturated rings. The smallest absolute Gasteiger partial charge is 0.0593 e. The van der Waals surface area contributed by atoms with Gasteiger partial charge in [-0.2, -0.15) is 0 Å². The Labute approximate surface area is 94.2 Å². The first-order valence-electron chi connectivity index (χ1n) is 6.17. The monoisotopic (exact) mass is 214 g/mol. The van der Waals surface area contributed by atoms with Crippen molar-refractivity contribution in [1.82, 2.24) is 10.2 Å². The normalized spacial score (nSPS) is 22.8. The average Bonchev–Trinajstić information content (AvgIpc) is 2.61. The van der Waals surface area contributed by atoms with E-state index in [1.165, 1.54) is 19.5 Å². The van der Waals surface area contributed by atoms with E-state index in [9.17, 15) is 0 Å². The van der Waals surface area contributed by atoms with Gasteiger partial charge < -0.3 is 15.0 Å². The second-order valence-corrected chi connectivity index (χ2v) is 4.98. The molecule has 1 rings (SSSR count). The van der Waals surface area contributed by atoms with E-state index in [0.717, 1.165) is 32.2 Å². The summed E-state index contributed by atoms with van der Waals surface area (Å²) in [5.74, 6) is 1.50. The van der Waals surface area contributed by atoms with Gasteiger partial charge in [0.15, 0.2) is 0 Å². The molecule has 0 aromatic rings. The highest BCUT2D eigenvalue weighted by Gasteiger charge is 2.20. The van der Waals surface area contributed by atoms with Crippen molar-refractivity contribution in [2.45, 2.75) is 20.3 Å². The van der Waals surface area contributed by atoms with Crippen LogP contribution in [0.1, 0.15) is 20.3 Å². The molecule has 90 valence electrons. The number of hydrogen-bond acceptors (Lipinski definition) is 3. The van der Waals surface area contributed by atoms with E-state index in [1.54, 1.807) is 0 Å². The summed E-state index contributed by atoms with van der Waals surface area (Å²) < 4.78 is 5.59. The van der Waals surface area contributed by atoms with Gasteiger partial charge in [0.05, 0.1) is 6.61 Å². The summed E-state index contributed by atoms with van der Waals surface area (Å²) in [5, 5.41) is 3.25. The lowest BCUT2D eigenvalue weighted by Gasteiger charge is -2.16. The van der Waals surface area contributed by atoms with Gasteiger partial charge in [-0.3, -0.25) is 0 Å². The Morgan fingerprint density at radius 3 is 2.93 bits per heavy atom. The van der Waals surface area contributed by atoms with Crippen LogP contribution in [-0.4, -0.2) is 51.3 Å². The van der Waals surface area contributed by atoms with Gasteiger partial charge in [0, 0.05) is 19.7 Å². The summed E-state index contributed by atoms with van der Waals surface area (Å²) in [6, 6.07) is 0. The molecule has 0 radical (unpaired) electrons. The van der Waals surface area contributed by atoms with E-state index in [-0.39, 0.29) is 0 Å². The molecule has 15 heavy (non-hydrogen) atoms. The Kier molecular flexibility index (Phi) is 6.22. The molecule has 0 spiro atoms. The van der Waals surface area contributed by atoms with Crippen LogP contribution in [0.15, 0.2) is 0 Å². The molecular weight excluding hydrogens is 188 g/mol. The highest BCUT2D eigenvalue weighted by molar-refractivity contribution is 4.76. The summed E-state index contributed by atoms with van der Waals surface area (Å²) in [6.07, 6.45) is 1.34. The number of likely N-dealkylation sites (tertiary alicyclic amines) is 1. The maximum absolute atomic E-state index is 5.59. The minimum Gasteiger partial charge on any atom is -0.380 e. The summed E-state index contributed by atoms with van der Waals surface area (Å²) >= 11 is 0. The lowest BCUT2D eigenvalue weighted by Crippen LogP contribution is -2.27. The van der Waals surface area contributed by atoms with Crippen LogP contribution in [0.2, 0.25) is 0 Å². The van der Waals surface area contributed by atoms with Crippen molar-refractivity contribution in [2.75, 3.05) is 46.4 Å². The molecule has 1 heterocycles. The molecule has 0 saturated carbocycles. The molecule has 0 amide bonds. The highest BCUT2D eigenvalue weighted by Crippen LogP contribution is 2.14. The van der Waals surface area contributed by atoms with E-state index in [1.807, 2.05) is 7.05 Å². The average molecular weight is 214 g/mol. The zero-order chi connectivity index (χ0) is 11.1. The topological polar surface area (TPSA) is 24.5 Å². The Bertz CT molecular complexity index is 162. The predicted molar refractivity (Wildman–Crippen MR) is 64.1 cm³/mol. The van der Waals surface area contributed by atoms with E-state index >= 15 is 0 Å². The van der Waals surface area contributed by atoms with Crippen LogP contribution in [0, 0.1) is 11.8 Å². The van der Waals surface area contributed by atoms with Crippen LogP contribution in [0.25, 0.3) is 0 Å². The van der Waals surface area contributed by atoms with E-state index in [2.05, 4.69) is 24.1 Å². The quantitative estimate of drug-likeness (QED) is 0.645. The molecule has 0 aromatic heterocycles. The lowest BCUT2D eigenvalue weighted by molar-refractivity contribution is 0.0903. The summed E-state index contributed by atoms with van der Waals surface area (Å²) in [7, 11) is 2.04. The molecule has 3 heteroatoms. The van der Waals surface area contributed by atoms with E-state index < -0.39 is 0 Å². The fourth-order valence-corrected chi connectivity index (χ4v) is 2.08. The zero-order valence-corrected chi connectivity index (χ0v) is 10.5. The molecule has 0 aromatic carbocycles. The number of nitrogens with one attached hydrogen (secondary N) is 1. The molecular formula is C12H26N2O. The first kappa shape index (κ1) is 12.9. The summed E-state index contributed by atoms with van der Waals surface area (Å²) in [4.78, 5) is 2.52. The number of ether oxygens (including phenoxy) is 1. The third kappa shape index (κ3) is 5.50. The van der Waals surface area contributed by atoms with Crippen molar-refractivity contribution in [3.8, 4) is 0 Å². The van der Waals surface area contributed by atoms with Crippen LogP contribution >= 0.6 is 0 Å². The van der Waals surface area contributed by atoms with E-state index in [4.69, 9.17) is 4.74 Å². The second-order valence-electron chi connectivity index (χ2n) is 4.98.